The lowest BCUT2D eigenvalue weighted by atomic mass is 9.91. The lowest BCUT2D eigenvalue weighted by Gasteiger charge is -2.31. The summed E-state index contributed by atoms with van der Waals surface area (Å²) < 4.78 is 3.61. The van der Waals surface area contributed by atoms with Crippen molar-refractivity contribution in [2.24, 2.45) is 7.05 Å². The van der Waals surface area contributed by atoms with Gasteiger partial charge in [-0.25, -0.2) is 0 Å². The molecule has 0 bridgehead atoms. The average Bonchev–Trinajstić information content (AvgIpc) is 3.01. The van der Waals surface area contributed by atoms with Crippen LogP contribution in [0.4, 0.5) is 0 Å². The second-order valence-electron chi connectivity index (χ2n) is 6.16. The highest BCUT2D eigenvalue weighted by atomic mass is 16.1. The molecule has 1 aliphatic heterocycles. The quantitative estimate of drug-likeness (QED) is 0.867. The molecule has 0 N–H and O–H groups in total. The number of rotatable bonds is 4. The fourth-order valence-corrected chi connectivity index (χ4v) is 3.13. The van der Waals surface area contributed by atoms with Crippen LogP contribution in [0.5, 0.6) is 0 Å². The normalized spacial score (nSPS) is 17.0. The molecule has 5 nitrogen and oxygen atoms in total. The van der Waals surface area contributed by atoms with Crippen molar-refractivity contribution in [3.05, 3.63) is 52.2 Å². The Balaban J connectivity index is 1.57. The zero-order valence-corrected chi connectivity index (χ0v) is 13.4. The maximum atomic E-state index is 11.7. The minimum absolute atomic E-state index is 0.0689. The smallest absolute Gasteiger partial charge is 0.250 e. The standard InChI is InChI=1S/C17H24N4O/c1-3-21-13-16(11-18-21)15-5-8-20(9-6-15)12-14-4-7-19(2)17(22)10-14/h4,7,10-11,13,15H,3,5-6,8-9,12H2,1-2H3. The monoisotopic (exact) mass is 300 g/mol. The molecular formula is C17H24N4O. The second kappa shape index (κ2) is 6.48. The molecule has 1 saturated heterocycles. The van der Waals surface area contributed by atoms with Gasteiger partial charge < -0.3 is 4.57 Å². The van der Waals surface area contributed by atoms with Gasteiger partial charge in [0.05, 0.1) is 6.20 Å². The highest BCUT2D eigenvalue weighted by Crippen LogP contribution is 2.28. The molecule has 1 aliphatic rings. The number of aromatic nitrogens is 3. The molecule has 3 rings (SSSR count). The Morgan fingerprint density at radius 1 is 1.32 bits per heavy atom. The highest BCUT2D eigenvalue weighted by molar-refractivity contribution is 5.14. The zero-order chi connectivity index (χ0) is 15.5. The average molecular weight is 300 g/mol. The van der Waals surface area contributed by atoms with Crippen LogP contribution in [0, 0.1) is 0 Å². The lowest BCUT2D eigenvalue weighted by Crippen LogP contribution is -2.32. The molecule has 0 unspecified atom stereocenters. The molecule has 0 aliphatic carbocycles. The molecule has 2 aromatic rings. The zero-order valence-electron chi connectivity index (χ0n) is 13.4. The van der Waals surface area contributed by atoms with Gasteiger partial charge in [-0.1, -0.05) is 0 Å². The number of pyridine rings is 1. The van der Waals surface area contributed by atoms with E-state index in [4.69, 9.17) is 0 Å². The second-order valence-corrected chi connectivity index (χ2v) is 6.16. The maximum absolute atomic E-state index is 11.7. The Morgan fingerprint density at radius 3 is 2.73 bits per heavy atom. The number of piperidine rings is 1. The predicted octanol–water partition coefficient (Wildman–Crippen LogP) is 1.98. The van der Waals surface area contributed by atoms with Gasteiger partial charge in [0.15, 0.2) is 0 Å². The topological polar surface area (TPSA) is 43.1 Å². The van der Waals surface area contributed by atoms with Gasteiger partial charge in [-0.05, 0) is 56.0 Å². The molecular weight excluding hydrogens is 276 g/mol. The van der Waals surface area contributed by atoms with Crippen LogP contribution in [0.15, 0.2) is 35.5 Å². The fourth-order valence-electron chi connectivity index (χ4n) is 3.13. The van der Waals surface area contributed by atoms with Gasteiger partial charge in [0, 0.05) is 38.6 Å². The Morgan fingerprint density at radius 2 is 2.09 bits per heavy atom. The lowest BCUT2D eigenvalue weighted by molar-refractivity contribution is 0.204. The van der Waals surface area contributed by atoms with E-state index < -0.39 is 0 Å². The van der Waals surface area contributed by atoms with Gasteiger partial charge in [0.25, 0.3) is 5.56 Å². The minimum atomic E-state index is 0.0689. The summed E-state index contributed by atoms with van der Waals surface area (Å²) in [6.07, 6.45) is 8.38. The van der Waals surface area contributed by atoms with Crippen molar-refractivity contribution in [3.63, 3.8) is 0 Å². The van der Waals surface area contributed by atoms with Gasteiger partial charge in [0.2, 0.25) is 0 Å². The van der Waals surface area contributed by atoms with Crippen molar-refractivity contribution >= 4 is 0 Å². The molecule has 0 radical (unpaired) electrons. The first-order valence-corrected chi connectivity index (χ1v) is 8.06. The SMILES string of the molecule is CCn1cc(C2CCN(Cc3ccn(C)c(=O)c3)CC2)cn1. The number of likely N-dealkylation sites (tertiary alicyclic amines) is 1. The summed E-state index contributed by atoms with van der Waals surface area (Å²) in [5.74, 6) is 0.625. The molecule has 118 valence electrons. The Labute approximate surface area is 131 Å². The fraction of sp³-hybridized carbons (Fsp3) is 0.529. The van der Waals surface area contributed by atoms with Crippen LogP contribution in [0.1, 0.15) is 36.8 Å². The molecule has 0 aromatic carbocycles. The summed E-state index contributed by atoms with van der Waals surface area (Å²) in [7, 11) is 1.79. The van der Waals surface area contributed by atoms with E-state index in [-0.39, 0.29) is 5.56 Å². The predicted molar refractivity (Wildman–Crippen MR) is 86.8 cm³/mol. The van der Waals surface area contributed by atoms with Crippen LogP contribution in [-0.2, 0) is 20.1 Å². The summed E-state index contributed by atoms with van der Waals surface area (Å²) >= 11 is 0. The number of hydrogen-bond acceptors (Lipinski definition) is 3. The molecule has 0 amide bonds. The van der Waals surface area contributed by atoms with Crippen LogP contribution >= 0.6 is 0 Å². The Kier molecular flexibility index (Phi) is 4.43. The van der Waals surface area contributed by atoms with Gasteiger partial charge >= 0.3 is 0 Å². The molecule has 1 fully saturated rings. The molecule has 5 heteroatoms. The first kappa shape index (κ1) is 15.0. The molecule has 0 spiro atoms. The van der Waals surface area contributed by atoms with Crippen molar-refractivity contribution in [2.75, 3.05) is 13.1 Å². The molecule has 0 atom stereocenters. The van der Waals surface area contributed by atoms with Gasteiger partial charge in [-0.2, -0.15) is 5.10 Å². The van der Waals surface area contributed by atoms with E-state index in [1.165, 1.54) is 18.4 Å². The third-order valence-electron chi connectivity index (χ3n) is 4.61. The summed E-state index contributed by atoms with van der Waals surface area (Å²) in [6.45, 7) is 6.08. The van der Waals surface area contributed by atoms with Crippen LogP contribution in [-0.4, -0.2) is 32.3 Å². The molecule has 3 heterocycles. The van der Waals surface area contributed by atoms with Gasteiger partial charge in [0.1, 0.15) is 0 Å². The third kappa shape index (κ3) is 3.30. The van der Waals surface area contributed by atoms with Gasteiger partial charge in [-0.15, -0.1) is 0 Å². The summed E-state index contributed by atoms with van der Waals surface area (Å²) in [4.78, 5) is 14.1. The summed E-state index contributed by atoms with van der Waals surface area (Å²) in [6, 6.07) is 3.79. The largest absolute Gasteiger partial charge is 0.319 e. The number of hydrogen-bond donors (Lipinski definition) is 0. The van der Waals surface area contributed by atoms with Gasteiger partial charge in [-0.3, -0.25) is 14.4 Å². The van der Waals surface area contributed by atoms with E-state index in [9.17, 15) is 4.79 Å². The van der Waals surface area contributed by atoms with E-state index in [1.54, 1.807) is 17.7 Å². The first-order chi connectivity index (χ1) is 10.7. The van der Waals surface area contributed by atoms with Crippen LogP contribution in [0.25, 0.3) is 0 Å². The summed E-state index contributed by atoms with van der Waals surface area (Å²) in [5, 5.41) is 4.38. The van der Waals surface area contributed by atoms with E-state index in [1.807, 2.05) is 23.1 Å². The highest BCUT2D eigenvalue weighted by Gasteiger charge is 2.21. The number of nitrogens with zero attached hydrogens (tertiary/aromatic N) is 4. The van der Waals surface area contributed by atoms with E-state index in [0.717, 1.165) is 31.7 Å². The van der Waals surface area contributed by atoms with Crippen LogP contribution < -0.4 is 5.56 Å². The van der Waals surface area contributed by atoms with Crippen LogP contribution in [0.3, 0.4) is 0 Å². The van der Waals surface area contributed by atoms with Crippen molar-refractivity contribution < 1.29 is 0 Å². The first-order valence-electron chi connectivity index (χ1n) is 8.06. The van der Waals surface area contributed by atoms with E-state index in [0.29, 0.717) is 5.92 Å². The Bertz CT molecular complexity index is 680. The third-order valence-corrected chi connectivity index (χ3v) is 4.61. The molecule has 0 saturated carbocycles. The van der Waals surface area contributed by atoms with E-state index >= 15 is 0 Å². The Hall–Kier alpha value is -1.88. The minimum Gasteiger partial charge on any atom is -0.319 e. The van der Waals surface area contributed by atoms with Crippen molar-refractivity contribution in [1.82, 2.24) is 19.2 Å². The summed E-state index contributed by atoms with van der Waals surface area (Å²) in [5.41, 5.74) is 2.55. The molecule has 22 heavy (non-hydrogen) atoms. The van der Waals surface area contributed by atoms with Crippen LogP contribution in [0.2, 0.25) is 0 Å². The van der Waals surface area contributed by atoms with Crippen molar-refractivity contribution in [1.29, 1.82) is 0 Å². The van der Waals surface area contributed by atoms with E-state index in [2.05, 4.69) is 23.1 Å². The maximum Gasteiger partial charge on any atom is 0.250 e. The van der Waals surface area contributed by atoms with Crippen molar-refractivity contribution in [3.8, 4) is 0 Å². The molecule has 2 aromatic heterocycles. The number of aryl methyl sites for hydroxylation is 2. The van der Waals surface area contributed by atoms with Crippen molar-refractivity contribution in [2.45, 2.75) is 38.8 Å².